The Morgan fingerprint density at radius 1 is 1.36 bits per heavy atom. The van der Waals surface area contributed by atoms with Crippen LogP contribution in [0.2, 0.25) is 0 Å². The van der Waals surface area contributed by atoms with E-state index in [2.05, 4.69) is 30.1 Å². The fourth-order valence-electron chi connectivity index (χ4n) is 1.02. The average Bonchev–Trinajstić information content (AvgIpc) is 1.94. The first-order valence-electron chi connectivity index (χ1n) is 3.95. The van der Waals surface area contributed by atoms with Crippen LogP contribution < -0.4 is 5.73 Å². The standard InChI is InChI=1S/C10H13N/c11-9-8-10-6-4-2-1-3-5-7-10/h4,6-7H,2,5,8-9,11H2. The van der Waals surface area contributed by atoms with Crippen LogP contribution in [0.4, 0.5) is 0 Å². The van der Waals surface area contributed by atoms with E-state index < -0.39 is 0 Å². The smallest absolute Gasteiger partial charge is 0.0275 e. The van der Waals surface area contributed by atoms with Gasteiger partial charge in [-0.3, -0.25) is 0 Å². The minimum atomic E-state index is 0.726. The molecule has 0 radical (unpaired) electrons. The molecular formula is C10H13N. The van der Waals surface area contributed by atoms with Crippen molar-refractivity contribution in [2.45, 2.75) is 19.3 Å². The summed E-state index contributed by atoms with van der Waals surface area (Å²) in [6, 6.07) is 0. The molecule has 0 amide bonds. The fourth-order valence-corrected chi connectivity index (χ4v) is 1.02. The van der Waals surface area contributed by atoms with Gasteiger partial charge in [-0.25, -0.2) is 0 Å². The van der Waals surface area contributed by atoms with Crippen LogP contribution in [0.15, 0.2) is 23.8 Å². The summed E-state index contributed by atoms with van der Waals surface area (Å²) in [5, 5.41) is 0. The van der Waals surface area contributed by atoms with Crippen LogP contribution in [0.5, 0.6) is 0 Å². The fraction of sp³-hybridized carbons (Fsp3) is 0.400. The van der Waals surface area contributed by atoms with Gasteiger partial charge in [0.1, 0.15) is 0 Å². The van der Waals surface area contributed by atoms with Crippen molar-refractivity contribution >= 4 is 0 Å². The van der Waals surface area contributed by atoms with Gasteiger partial charge in [0.25, 0.3) is 0 Å². The molecule has 0 fully saturated rings. The van der Waals surface area contributed by atoms with E-state index in [1.807, 2.05) is 0 Å². The van der Waals surface area contributed by atoms with Gasteiger partial charge in [0.2, 0.25) is 0 Å². The van der Waals surface area contributed by atoms with Gasteiger partial charge in [0.05, 0.1) is 0 Å². The first kappa shape index (κ1) is 8.10. The van der Waals surface area contributed by atoms with Crippen LogP contribution in [0.3, 0.4) is 0 Å². The van der Waals surface area contributed by atoms with E-state index in [1.54, 1.807) is 0 Å². The van der Waals surface area contributed by atoms with Crippen LogP contribution in [-0.2, 0) is 0 Å². The number of nitrogens with two attached hydrogens (primary N) is 1. The lowest BCUT2D eigenvalue weighted by atomic mass is 10.1. The summed E-state index contributed by atoms with van der Waals surface area (Å²) in [5.41, 5.74) is 6.76. The van der Waals surface area contributed by atoms with Crippen molar-refractivity contribution in [3.63, 3.8) is 0 Å². The molecule has 0 heterocycles. The summed E-state index contributed by atoms with van der Waals surface area (Å²) < 4.78 is 0. The molecule has 0 aliphatic heterocycles. The minimum Gasteiger partial charge on any atom is -0.330 e. The second-order valence-corrected chi connectivity index (χ2v) is 2.48. The molecule has 1 heteroatoms. The van der Waals surface area contributed by atoms with Crippen LogP contribution in [0.1, 0.15) is 19.3 Å². The highest BCUT2D eigenvalue weighted by molar-refractivity contribution is 5.25. The lowest BCUT2D eigenvalue weighted by molar-refractivity contribution is 0.966. The Hall–Kier alpha value is -1.00. The molecule has 1 aliphatic rings. The summed E-state index contributed by atoms with van der Waals surface area (Å²) in [6.07, 6.45) is 9.09. The summed E-state index contributed by atoms with van der Waals surface area (Å²) >= 11 is 0. The van der Waals surface area contributed by atoms with E-state index >= 15 is 0 Å². The molecule has 58 valence electrons. The monoisotopic (exact) mass is 147 g/mol. The molecule has 0 saturated heterocycles. The second kappa shape index (κ2) is 4.76. The zero-order valence-corrected chi connectivity index (χ0v) is 6.64. The van der Waals surface area contributed by atoms with Gasteiger partial charge in [0, 0.05) is 12.8 Å². The number of allylic oxidation sites excluding steroid dienone is 3. The van der Waals surface area contributed by atoms with Gasteiger partial charge < -0.3 is 5.73 Å². The number of hydrogen-bond acceptors (Lipinski definition) is 1. The summed E-state index contributed by atoms with van der Waals surface area (Å²) in [6.45, 7) is 0.726. The highest BCUT2D eigenvalue weighted by atomic mass is 14.5. The quantitative estimate of drug-likeness (QED) is 0.590. The van der Waals surface area contributed by atoms with E-state index in [9.17, 15) is 0 Å². The summed E-state index contributed by atoms with van der Waals surface area (Å²) in [5.74, 6) is 6.09. The molecule has 0 aromatic heterocycles. The first-order chi connectivity index (χ1) is 5.43. The van der Waals surface area contributed by atoms with Crippen molar-refractivity contribution in [1.29, 1.82) is 0 Å². The molecule has 1 aliphatic carbocycles. The molecule has 11 heavy (non-hydrogen) atoms. The van der Waals surface area contributed by atoms with E-state index in [0.29, 0.717) is 0 Å². The lowest BCUT2D eigenvalue weighted by Crippen LogP contribution is -1.99. The third kappa shape index (κ3) is 3.06. The molecule has 1 nitrogen and oxygen atoms in total. The van der Waals surface area contributed by atoms with Gasteiger partial charge in [-0.2, -0.15) is 0 Å². The Balaban J connectivity index is 2.57. The predicted molar refractivity (Wildman–Crippen MR) is 47.9 cm³/mol. The Morgan fingerprint density at radius 3 is 3.00 bits per heavy atom. The maximum absolute atomic E-state index is 5.44. The normalized spacial score (nSPS) is 15.9. The third-order valence-corrected chi connectivity index (χ3v) is 1.58. The second-order valence-electron chi connectivity index (χ2n) is 2.48. The Labute approximate surface area is 68.0 Å². The number of hydrogen-bond donors (Lipinski definition) is 1. The molecule has 0 unspecified atom stereocenters. The SMILES string of the molecule is NCCC1=CCC#CCC=C1. The summed E-state index contributed by atoms with van der Waals surface area (Å²) in [4.78, 5) is 0. The first-order valence-corrected chi connectivity index (χ1v) is 3.95. The average molecular weight is 147 g/mol. The molecule has 0 aromatic rings. The lowest BCUT2D eigenvalue weighted by Gasteiger charge is -1.98. The predicted octanol–water partition coefficient (Wildman–Crippen LogP) is 1.62. The topological polar surface area (TPSA) is 26.0 Å². The highest BCUT2D eigenvalue weighted by Crippen LogP contribution is 2.05. The van der Waals surface area contributed by atoms with Crippen molar-refractivity contribution < 1.29 is 0 Å². The zero-order valence-electron chi connectivity index (χ0n) is 6.64. The van der Waals surface area contributed by atoms with E-state index in [1.165, 1.54) is 5.57 Å². The third-order valence-electron chi connectivity index (χ3n) is 1.58. The molecule has 0 saturated carbocycles. The van der Waals surface area contributed by atoms with Crippen molar-refractivity contribution in [1.82, 2.24) is 0 Å². The van der Waals surface area contributed by atoms with Crippen LogP contribution in [-0.4, -0.2) is 6.54 Å². The van der Waals surface area contributed by atoms with Gasteiger partial charge in [0.15, 0.2) is 0 Å². The van der Waals surface area contributed by atoms with Crippen LogP contribution >= 0.6 is 0 Å². The molecule has 0 bridgehead atoms. The Morgan fingerprint density at radius 2 is 2.18 bits per heavy atom. The molecule has 2 N–H and O–H groups in total. The molecule has 0 atom stereocenters. The van der Waals surface area contributed by atoms with Crippen LogP contribution in [0.25, 0.3) is 0 Å². The van der Waals surface area contributed by atoms with Crippen molar-refractivity contribution in [3.05, 3.63) is 23.8 Å². The summed E-state index contributed by atoms with van der Waals surface area (Å²) in [7, 11) is 0. The maximum Gasteiger partial charge on any atom is 0.0275 e. The van der Waals surface area contributed by atoms with Crippen molar-refractivity contribution in [2.75, 3.05) is 6.54 Å². The van der Waals surface area contributed by atoms with Gasteiger partial charge in [-0.1, -0.05) is 35.6 Å². The molecule has 1 rings (SSSR count). The number of rotatable bonds is 2. The molecule has 0 aromatic carbocycles. The van der Waals surface area contributed by atoms with Crippen LogP contribution in [0, 0.1) is 11.8 Å². The van der Waals surface area contributed by atoms with Gasteiger partial charge in [-0.15, -0.1) is 0 Å². The van der Waals surface area contributed by atoms with E-state index in [0.717, 1.165) is 25.8 Å². The maximum atomic E-state index is 5.44. The van der Waals surface area contributed by atoms with Gasteiger partial charge >= 0.3 is 0 Å². The largest absolute Gasteiger partial charge is 0.330 e. The molecule has 0 spiro atoms. The van der Waals surface area contributed by atoms with Crippen molar-refractivity contribution in [3.8, 4) is 11.8 Å². The van der Waals surface area contributed by atoms with Gasteiger partial charge in [-0.05, 0) is 13.0 Å². The highest BCUT2D eigenvalue weighted by Gasteiger charge is 1.90. The zero-order chi connectivity index (χ0) is 7.94. The Kier molecular flexibility index (Phi) is 3.51. The molecular weight excluding hydrogens is 134 g/mol. The van der Waals surface area contributed by atoms with Crippen molar-refractivity contribution in [2.24, 2.45) is 5.73 Å². The minimum absolute atomic E-state index is 0.726. The van der Waals surface area contributed by atoms with E-state index in [-0.39, 0.29) is 0 Å². The van der Waals surface area contributed by atoms with E-state index in [4.69, 9.17) is 5.73 Å². The Bertz CT molecular complexity index is 225.